The Morgan fingerprint density at radius 2 is 1.15 bits per heavy atom. The highest BCUT2D eigenvalue weighted by Crippen LogP contribution is 2.21. The molecule has 0 saturated carbocycles. The second-order valence-electron chi connectivity index (χ2n) is 5.46. The summed E-state index contributed by atoms with van der Waals surface area (Å²) in [5.74, 6) is 1.23. The molecule has 0 bridgehead atoms. The van der Waals surface area contributed by atoms with Crippen molar-refractivity contribution in [3.8, 4) is 0 Å². The largest absolute Gasteiger partial charge is 0.156 e. The first-order chi connectivity index (χ1) is 5.62. The van der Waals surface area contributed by atoms with Crippen LogP contribution in [0, 0.1) is 5.41 Å². The molecule has 0 spiro atoms. The third-order valence-corrected chi connectivity index (χ3v) is 2.79. The molecule has 0 aliphatic carbocycles. The van der Waals surface area contributed by atoms with Crippen molar-refractivity contribution in [2.24, 2.45) is 5.41 Å². The van der Waals surface area contributed by atoms with Crippen molar-refractivity contribution >= 4 is 11.8 Å². The zero-order chi connectivity index (χ0) is 11.1. The number of hydrogen-bond donors (Lipinski definition) is 0. The predicted molar refractivity (Wildman–Crippen MR) is 67.6 cm³/mol. The molecule has 0 aromatic heterocycles. The van der Waals surface area contributed by atoms with Gasteiger partial charge in [-0.3, -0.25) is 0 Å². The molecule has 0 unspecified atom stereocenters. The molecule has 0 aliphatic rings. The molecule has 0 fully saturated rings. The fraction of sp³-hybridized carbons (Fsp3) is 1.00. The van der Waals surface area contributed by atoms with E-state index in [4.69, 9.17) is 0 Å². The molecule has 0 aromatic rings. The second kappa shape index (κ2) is 6.75. The molecule has 0 aromatic carbocycles. The molecule has 0 saturated heterocycles. The summed E-state index contributed by atoms with van der Waals surface area (Å²) >= 11 is 1.99. The molecule has 1 heteroatoms. The SMILES string of the molecule is CCC(C)(C)C.CCSC(C)(C)C. The summed E-state index contributed by atoms with van der Waals surface area (Å²) in [6.45, 7) is 17.8. The van der Waals surface area contributed by atoms with Crippen LogP contribution in [0.3, 0.4) is 0 Å². The van der Waals surface area contributed by atoms with Gasteiger partial charge in [0.15, 0.2) is 0 Å². The van der Waals surface area contributed by atoms with E-state index in [0.29, 0.717) is 10.2 Å². The Kier molecular flexibility index (Phi) is 8.21. The first-order valence-electron chi connectivity index (χ1n) is 5.26. The molecule has 0 rings (SSSR count). The van der Waals surface area contributed by atoms with Gasteiger partial charge in [0, 0.05) is 4.75 Å². The van der Waals surface area contributed by atoms with Crippen LogP contribution >= 0.6 is 11.8 Å². The van der Waals surface area contributed by atoms with Gasteiger partial charge in [-0.1, -0.05) is 61.8 Å². The van der Waals surface area contributed by atoms with Gasteiger partial charge in [-0.15, -0.1) is 0 Å². The third-order valence-electron chi connectivity index (χ3n) is 1.64. The van der Waals surface area contributed by atoms with E-state index < -0.39 is 0 Å². The molecule has 82 valence electrons. The summed E-state index contributed by atoms with van der Waals surface area (Å²) in [7, 11) is 0. The average molecular weight is 204 g/mol. The van der Waals surface area contributed by atoms with Gasteiger partial charge >= 0.3 is 0 Å². The van der Waals surface area contributed by atoms with E-state index in [0.717, 1.165) is 0 Å². The van der Waals surface area contributed by atoms with Gasteiger partial charge < -0.3 is 0 Å². The molecule has 0 amide bonds. The molecule has 0 aliphatic heterocycles. The van der Waals surface area contributed by atoms with E-state index in [-0.39, 0.29) is 0 Å². The maximum absolute atomic E-state index is 2.24. The van der Waals surface area contributed by atoms with Crippen LogP contribution in [-0.2, 0) is 0 Å². The first kappa shape index (κ1) is 15.8. The molecule has 0 radical (unpaired) electrons. The Labute approximate surface area is 89.9 Å². The summed E-state index contributed by atoms with van der Waals surface area (Å²) < 4.78 is 0.467. The molecule has 0 N–H and O–H groups in total. The lowest BCUT2D eigenvalue weighted by Crippen LogP contribution is -2.06. The monoisotopic (exact) mass is 204 g/mol. The van der Waals surface area contributed by atoms with E-state index >= 15 is 0 Å². The van der Waals surface area contributed by atoms with Gasteiger partial charge in [0.2, 0.25) is 0 Å². The minimum absolute atomic E-state index is 0.467. The Morgan fingerprint density at radius 1 is 0.846 bits per heavy atom. The van der Waals surface area contributed by atoms with Crippen molar-refractivity contribution in [3.05, 3.63) is 0 Å². The molecule has 0 heterocycles. The molecule has 13 heavy (non-hydrogen) atoms. The van der Waals surface area contributed by atoms with Crippen LogP contribution in [0.2, 0.25) is 0 Å². The highest BCUT2D eigenvalue weighted by Gasteiger charge is 2.06. The highest BCUT2D eigenvalue weighted by atomic mass is 32.2. The summed E-state index contributed by atoms with van der Waals surface area (Å²) in [4.78, 5) is 0. The van der Waals surface area contributed by atoms with Gasteiger partial charge in [0.1, 0.15) is 0 Å². The standard InChI is InChI=1S/C6H14S.C6H14/c1-5-7-6(2,3)4;1-5-6(2,3)4/h5H2,1-4H3;5H2,1-4H3. The zero-order valence-electron chi connectivity index (χ0n) is 10.8. The topological polar surface area (TPSA) is 0 Å². The fourth-order valence-electron chi connectivity index (χ4n) is 0.433. The van der Waals surface area contributed by atoms with Crippen molar-refractivity contribution in [2.45, 2.75) is 66.6 Å². The quantitative estimate of drug-likeness (QED) is 0.580. The third kappa shape index (κ3) is 24.5. The smallest absolute Gasteiger partial charge is 0.00749 e. The lowest BCUT2D eigenvalue weighted by atomic mass is 9.94. The van der Waals surface area contributed by atoms with Crippen LogP contribution in [0.25, 0.3) is 0 Å². The van der Waals surface area contributed by atoms with Gasteiger partial charge in [-0.05, 0) is 11.2 Å². The van der Waals surface area contributed by atoms with Gasteiger partial charge in [0.25, 0.3) is 0 Å². The minimum Gasteiger partial charge on any atom is -0.156 e. The molecular weight excluding hydrogens is 176 g/mol. The van der Waals surface area contributed by atoms with Crippen LogP contribution in [0.15, 0.2) is 0 Å². The predicted octanol–water partition coefficient (Wildman–Crippen LogP) is 4.98. The van der Waals surface area contributed by atoms with E-state index in [1.807, 2.05) is 11.8 Å². The highest BCUT2D eigenvalue weighted by molar-refractivity contribution is 8.00. The zero-order valence-corrected chi connectivity index (χ0v) is 11.6. The Bertz CT molecular complexity index is 103. The Balaban J connectivity index is 0. The fourth-order valence-corrected chi connectivity index (χ4v) is 1.30. The van der Waals surface area contributed by atoms with Crippen molar-refractivity contribution < 1.29 is 0 Å². The summed E-state index contributed by atoms with van der Waals surface area (Å²) in [5.41, 5.74) is 0.542. The van der Waals surface area contributed by atoms with Crippen molar-refractivity contribution in [3.63, 3.8) is 0 Å². The lowest BCUT2D eigenvalue weighted by molar-refractivity contribution is 0.398. The average Bonchev–Trinajstić information content (AvgIpc) is 1.84. The molecule has 0 nitrogen and oxygen atoms in total. The second-order valence-corrected chi connectivity index (χ2v) is 7.55. The number of thioether (sulfide) groups is 1. The van der Waals surface area contributed by atoms with Crippen LogP contribution in [0.4, 0.5) is 0 Å². The molecular formula is C12H28S. The summed E-state index contributed by atoms with van der Waals surface area (Å²) in [6.07, 6.45) is 1.27. The number of rotatable bonds is 1. The van der Waals surface area contributed by atoms with Crippen LogP contribution in [0.5, 0.6) is 0 Å². The number of hydrogen-bond acceptors (Lipinski definition) is 1. The maximum atomic E-state index is 2.24. The maximum Gasteiger partial charge on any atom is 0.00749 e. The van der Waals surface area contributed by atoms with E-state index in [1.165, 1.54) is 12.2 Å². The summed E-state index contributed by atoms with van der Waals surface area (Å²) in [6, 6.07) is 0. The lowest BCUT2D eigenvalue weighted by Gasteiger charge is -2.14. The van der Waals surface area contributed by atoms with Crippen molar-refractivity contribution in [1.82, 2.24) is 0 Å². The Hall–Kier alpha value is 0.350. The molecule has 0 atom stereocenters. The minimum atomic E-state index is 0.467. The van der Waals surface area contributed by atoms with E-state index in [2.05, 4.69) is 55.4 Å². The van der Waals surface area contributed by atoms with Gasteiger partial charge in [-0.2, -0.15) is 11.8 Å². The van der Waals surface area contributed by atoms with Crippen LogP contribution in [0.1, 0.15) is 61.8 Å². The van der Waals surface area contributed by atoms with E-state index in [1.54, 1.807) is 0 Å². The first-order valence-corrected chi connectivity index (χ1v) is 6.25. The van der Waals surface area contributed by atoms with Gasteiger partial charge in [-0.25, -0.2) is 0 Å². The summed E-state index contributed by atoms with van der Waals surface area (Å²) in [5, 5.41) is 0. The van der Waals surface area contributed by atoms with Crippen LogP contribution < -0.4 is 0 Å². The van der Waals surface area contributed by atoms with Crippen LogP contribution in [-0.4, -0.2) is 10.5 Å². The van der Waals surface area contributed by atoms with Crippen molar-refractivity contribution in [1.29, 1.82) is 0 Å². The van der Waals surface area contributed by atoms with E-state index in [9.17, 15) is 0 Å². The van der Waals surface area contributed by atoms with Crippen molar-refractivity contribution in [2.75, 3.05) is 5.75 Å². The normalized spacial score (nSPS) is 12.0. The Morgan fingerprint density at radius 3 is 1.15 bits per heavy atom. The van der Waals surface area contributed by atoms with Gasteiger partial charge in [0.05, 0.1) is 0 Å².